The van der Waals surface area contributed by atoms with Crippen molar-refractivity contribution >= 4 is 5.91 Å². The first-order chi connectivity index (χ1) is 10.6. The second kappa shape index (κ2) is 6.27. The van der Waals surface area contributed by atoms with Crippen LogP contribution in [-0.4, -0.2) is 50.6 Å². The molecule has 1 N–H and O–H groups in total. The number of hydrogen-bond donors (Lipinski definition) is 1. The number of hydrogen-bond acceptors (Lipinski definition) is 4. The lowest BCUT2D eigenvalue weighted by Gasteiger charge is -2.22. The molecule has 0 radical (unpaired) electrons. The average molecular weight is 300 g/mol. The van der Waals surface area contributed by atoms with Crippen LogP contribution in [0.5, 0.6) is 0 Å². The number of nitrogens with zero attached hydrogens (tertiary/aromatic N) is 4. The highest BCUT2D eigenvalue weighted by atomic mass is 16.3. The third-order valence-corrected chi connectivity index (χ3v) is 4.17. The van der Waals surface area contributed by atoms with Crippen molar-refractivity contribution in [3.63, 3.8) is 0 Å². The second-order valence-corrected chi connectivity index (χ2v) is 5.80. The first-order valence-corrected chi connectivity index (χ1v) is 7.56. The third kappa shape index (κ3) is 3.01. The summed E-state index contributed by atoms with van der Waals surface area (Å²) in [4.78, 5) is 15.5. The fourth-order valence-corrected chi connectivity index (χ4v) is 2.91. The number of amides is 1. The summed E-state index contributed by atoms with van der Waals surface area (Å²) >= 11 is 0. The van der Waals surface area contributed by atoms with Crippen molar-refractivity contribution < 1.29 is 9.90 Å². The highest BCUT2D eigenvalue weighted by Gasteiger charge is 2.28. The van der Waals surface area contributed by atoms with Gasteiger partial charge in [-0.2, -0.15) is 9.90 Å². The van der Waals surface area contributed by atoms with E-state index in [2.05, 4.69) is 10.2 Å². The molecule has 0 aliphatic heterocycles. The minimum absolute atomic E-state index is 0.165. The van der Waals surface area contributed by atoms with Crippen LogP contribution in [-0.2, 0) is 0 Å². The molecule has 2 atom stereocenters. The Hall–Kier alpha value is -2.21. The molecule has 2 unspecified atom stereocenters. The van der Waals surface area contributed by atoms with Crippen LogP contribution in [0.2, 0.25) is 0 Å². The first kappa shape index (κ1) is 14.7. The van der Waals surface area contributed by atoms with Crippen molar-refractivity contribution in [2.24, 2.45) is 5.92 Å². The van der Waals surface area contributed by atoms with E-state index in [4.69, 9.17) is 0 Å². The Labute approximate surface area is 129 Å². The van der Waals surface area contributed by atoms with Gasteiger partial charge in [-0.3, -0.25) is 4.79 Å². The van der Waals surface area contributed by atoms with Gasteiger partial charge in [-0.1, -0.05) is 24.6 Å². The molecule has 1 fully saturated rings. The normalized spacial score (nSPS) is 21.0. The number of benzene rings is 1. The molecule has 0 saturated heterocycles. The van der Waals surface area contributed by atoms with Crippen molar-refractivity contribution in [2.45, 2.75) is 25.4 Å². The van der Waals surface area contributed by atoms with Gasteiger partial charge in [0, 0.05) is 19.5 Å². The van der Waals surface area contributed by atoms with Crippen molar-refractivity contribution in [1.29, 1.82) is 0 Å². The predicted molar refractivity (Wildman–Crippen MR) is 81.7 cm³/mol. The van der Waals surface area contributed by atoms with Gasteiger partial charge in [0.1, 0.15) is 0 Å². The van der Waals surface area contributed by atoms with Gasteiger partial charge in [0.2, 0.25) is 0 Å². The van der Waals surface area contributed by atoms with E-state index < -0.39 is 0 Å². The summed E-state index contributed by atoms with van der Waals surface area (Å²) in [5.74, 6) is -0.000556. The largest absolute Gasteiger partial charge is 0.393 e. The van der Waals surface area contributed by atoms with E-state index in [9.17, 15) is 9.90 Å². The van der Waals surface area contributed by atoms with Crippen LogP contribution in [0.1, 0.15) is 29.8 Å². The summed E-state index contributed by atoms with van der Waals surface area (Å²) < 4.78 is 0. The molecule has 6 heteroatoms. The fourth-order valence-electron chi connectivity index (χ4n) is 2.91. The van der Waals surface area contributed by atoms with Crippen LogP contribution in [0, 0.1) is 5.92 Å². The maximum absolute atomic E-state index is 12.4. The Morgan fingerprint density at radius 3 is 2.82 bits per heavy atom. The Balaban J connectivity index is 1.68. The monoisotopic (exact) mass is 300 g/mol. The summed E-state index contributed by atoms with van der Waals surface area (Å²) in [6.45, 7) is 0.554. The summed E-state index contributed by atoms with van der Waals surface area (Å²) in [5, 5.41) is 18.3. The molecule has 1 aliphatic carbocycles. The summed E-state index contributed by atoms with van der Waals surface area (Å²) in [7, 11) is 1.74. The number of para-hydroxylation sites is 1. The van der Waals surface area contributed by atoms with Crippen LogP contribution in [0.3, 0.4) is 0 Å². The Bertz CT molecular complexity index is 641. The molecular formula is C16H20N4O2. The van der Waals surface area contributed by atoms with Gasteiger partial charge in [0.25, 0.3) is 5.91 Å². The lowest BCUT2D eigenvalue weighted by molar-refractivity contribution is 0.0688. The van der Waals surface area contributed by atoms with E-state index in [1.165, 1.54) is 11.0 Å². The standard InChI is InChI=1S/C16H20N4O2/c1-19(11-12-6-5-9-15(12)21)16(22)14-10-17-20(18-14)13-7-3-2-4-8-13/h2-4,7-8,10,12,15,21H,5-6,9,11H2,1H3. The lowest BCUT2D eigenvalue weighted by Crippen LogP contribution is -2.34. The first-order valence-electron chi connectivity index (χ1n) is 7.56. The summed E-state index contributed by atoms with van der Waals surface area (Å²) in [6, 6.07) is 9.47. The molecule has 1 aliphatic rings. The molecular weight excluding hydrogens is 280 g/mol. The minimum Gasteiger partial charge on any atom is -0.393 e. The maximum atomic E-state index is 12.4. The molecule has 3 rings (SSSR count). The number of aliphatic hydroxyl groups excluding tert-OH is 1. The van der Waals surface area contributed by atoms with Crippen molar-refractivity contribution in [1.82, 2.24) is 19.9 Å². The minimum atomic E-state index is -0.296. The van der Waals surface area contributed by atoms with Gasteiger partial charge in [-0.15, -0.1) is 5.10 Å². The molecule has 1 amide bonds. The third-order valence-electron chi connectivity index (χ3n) is 4.17. The van der Waals surface area contributed by atoms with E-state index in [1.807, 2.05) is 30.3 Å². The van der Waals surface area contributed by atoms with Crippen molar-refractivity contribution in [3.8, 4) is 5.69 Å². The second-order valence-electron chi connectivity index (χ2n) is 5.80. The van der Waals surface area contributed by atoms with Gasteiger partial charge >= 0.3 is 0 Å². The molecule has 22 heavy (non-hydrogen) atoms. The average Bonchev–Trinajstić information content (AvgIpc) is 3.17. The van der Waals surface area contributed by atoms with Gasteiger partial charge in [0.05, 0.1) is 18.0 Å². The molecule has 1 aromatic heterocycles. The quantitative estimate of drug-likeness (QED) is 0.929. The van der Waals surface area contributed by atoms with Gasteiger partial charge < -0.3 is 10.0 Å². The highest BCUT2D eigenvalue weighted by molar-refractivity contribution is 5.91. The molecule has 6 nitrogen and oxygen atoms in total. The Kier molecular flexibility index (Phi) is 4.20. The molecule has 0 bridgehead atoms. The zero-order valence-electron chi connectivity index (χ0n) is 12.6. The number of aliphatic hydroxyl groups is 1. The lowest BCUT2D eigenvalue weighted by atomic mass is 10.1. The number of carbonyl (C=O) groups is 1. The summed E-state index contributed by atoms with van der Waals surface area (Å²) in [6.07, 6.45) is 4.01. The molecule has 2 aromatic rings. The Morgan fingerprint density at radius 2 is 2.14 bits per heavy atom. The van der Waals surface area contributed by atoms with Crippen molar-refractivity contribution in [2.75, 3.05) is 13.6 Å². The van der Waals surface area contributed by atoms with E-state index >= 15 is 0 Å². The van der Waals surface area contributed by atoms with Crippen LogP contribution in [0.25, 0.3) is 5.69 Å². The van der Waals surface area contributed by atoms with E-state index in [-0.39, 0.29) is 17.9 Å². The number of aromatic nitrogens is 3. The summed E-state index contributed by atoms with van der Waals surface area (Å²) in [5.41, 5.74) is 1.13. The van der Waals surface area contributed by atoms with E-state index in [0.717, 1.165) is 24.9 Å². The molecule has 1 saturated carbocycles. The molecule has 1 heterocycles. The van der Waals surface area contributed by atoms with E-state index in [1.54, 1.807) is 11.9 Å². The van der Waals surface area contributed by atoms with E-state index in [0.29, 0.717) is 12.2 Å². The van der Waals surface area contributed by atoms with Crippen LogP contribution in [0.15, 0.2) is 36.5 Å². The van der Waals surface area contributed by atoms with Crippen LogP contribution < -0.4 is 0 Å². The SMILES string of the molecule is CN(CC1CCCC1O)C(=O)c1cnn(-c2ccccc2)n1. The molecule has 116 valence electrons. The van der Waals surface area contributed by atoms with Crippen LogP contribution >= 0.6 is 0 Å². The van der Waals surface area contributed by atoms with Gasteiger partial charge in [-0.05, 0) is 25.0 Å². The maximum Gasteiger partial charge on any atom is 0.275 e. The predicted octanol–water partition coefficient (Wildman–Crippen LogP) is 1.50. The Morgan fingerprint density at radius 1 is 1.36 bits per heavy atom. The van der Waals surface area contributed by atoms with Gasteiger partial charge in [-0.25, -0.2) is 0 Å². The molecule has 0 spiro atoms. The molecule has 1 aromatic carbocycles. The topological polar surface area (TPSA) is 71.2 Å². The van der Waals surface area contributed by atoms with Crippen molar-refractivity contribution in [3.05, 3.63) is 42.2 Å². The highest BCUT2D eigenvalue weighted by Crippen LogP contribution is 2.26. The van der Waals surface area contributed by atoms with Gasteiger partial charge in [0.15, 0.2) is 5.69 Å². The number of carbonyl (C=O) groups excluding carboxylic acids is 1. The zero-order chi connectivity index (χ0) is 15.5. The fraction of sp³-hybridized carbons (Fsp3) is 0.438. The zero-order valence-corrected chi connectivity index (χ0v) is 12.6. The number of rotatable bonds is 4. The smallest absolute Gasteiger partial charge is 0.275 e. The van der Waals surface area contributed by atoms with Crippen LogP contribution in [0.4, 0.5) is 0 Å².